The first-order valence-electron chi connectivity index (χ1n) is 22.2. The summed E-state index contributed by atoms with van der Waals surface area (Å²) in [6.07, 6.45) is 0. The summed E-state index contributed by atoms with van der Waals surface area (Å²) < 4.78 is 0. The molecule has 0 N–H and O–H groups in total. The van der Waals surface area contributed by atoms with Crippen molar-refractivity contribution in [2.24, 2.45) is 0 Å². The molecule has 0 unspecified atom stereocenters. The Hall–Kier alpha value is -5.02. The van der Waals surface area contributed by atoms with E-state index in [0.29, 0.717) is 0 Å². The molecule has 2 nitrogen and oxygen atoms in total. The van der Waals surface area contributed by atoms with Gasteiger partial charge in [-0.2, -0.15) is 0 Å². The average molecular weight is 791 g/mol. The van der Waals surface area contributed by atoms with Crippen LogP contribution in [0.4, 0.5) is 34.1 Å². The van der Waals surface area contributed by atoms with Crippen LogP contribution in [0.2, 0.25) is 0 Å². The van der Waals surface area contributed by atoms with Crippen molar-refractivity contribution in [3.05, 3.63) is 149 Å². The summed E-state index contributed by atoms with van der Waals surface area (Å²) in [5.41, 5.74) is 22.1. The Kier molecular flexibility index (Phi) is 9.74. The Balaban J connectivity index is 1.48. The Bertz CT molecular complexity index is 2610. The number of nitrogens with zero attached hydrogens (tertiary/aromatic N) is 2. The highest BCUT2D eigenvalue weighted by molar-refractivity contribution is 7.00. The summed E-state index contributed by atoms with van der Waals surface area (Å²) in [6.45, 7) is 37.1. The fourth-order valence-corrected chi connectivity index (χ4v) is 9.29. The predicted octanol–water partition coefficient (Wildman–Crippen LogP) is 14.2. The number of hydrogen-bond acceptors (Lipinski definition) is 2. The van der Waals surface area contributed by atoms with Crippen molar-refractivity contribution >= 4 is 57.2 Å². The smallest absolute Gasteiger partial charge is 0.252 e. The minimum Gasteiger partial charge on any atom is -0.311 e. The minimum atomic E-state index is -0.0274. The maximum Gasteiger partial charge on any atom is 0.252 e. The van der Waals surface area contributed by atoms with Crippen LogP contribution < -0.4 is 26.2 Å². The molecule has 6 aromatic rings. The van der Waals surface area contributed by atoms with E-state index in [9.17, 15) is 0 Å². The van der Waals surface area contributed by atoms with E-state index in [1.807, 2.05) is 0 Å². The van der Waals surface area contributed by atoms with Gasteiger partial charge < -0.3 is 9.80 Å². The van der Waals surface area contributed by atoms with E-state index in [4.69, 9.17) is 0 Å². The molecule has 0 aromatic heterocycles. The Morgan fingerprint density at radius 3 is 1.32 bits per heavy atom. The van der Waals surface area contributed by atoms with Crippen LogP contribution in [0.5, 0.6) is 0 Å². The topological polar surface area (TPSA) is 6.48 Å². The van der Waals surface area contributed by atoms with Gasteiger partial charge in [-0.25, -0.2) is 0 Å². The zero-order chi connectivity index (χ0) is 43.5. The van der Waals surface area contributed by atoms with Crippen molar-refractivity contribution in [3.8, 4) is 11.1 Å². The fraction of sp³-hybridized carbons (Fsp3) is 0.368. The summed E-state index contributed by atoms with van der Waals surface area (Å²) in [5, 5.41) is 0. The number of hydrogen-bond donors (Lipinski definition) is 0. The fourth-order valence-electron chi connectivity index (χ4n) is 9.29. The lowest BCUT2D eigenvalue weighted by atomic mass is 9.33. The summed E-state index contributed by atoms with van der Waals surface area (Å²) in [7, 11) is 0. The third-order valence-electron chi connectivity index (χ3n) is 13.1. The van der Waals surface area contributed by atoms with Crippen molar-refractivity contribution in [2.75, 3.05) is 9.80 Å². The van der Waals surface area contributed by atoms with Crippen LogP contribution in [-0.2, 0) is 27.1 Å². The second-order valence-electron chi connectivity index (χ2n) is 23.0. The first-order valence-corrected chi connectivity index (χ1v) is 22.2. The van der Waals surface area contributed by atoms with Gasteiger partial charge in [0.25, 0.3) is 6.71 Å². The lowest BCUT2D eigenvalue weighted by molar-refractivity contribution is 0.589. The second-order valence-corrected chi connectivity index (χ2v) is 23.0. The van der Waals surface area contributed by atoms with Crippen LogP contribution in [0.3, 0.4) is 0 Å². The van der Waals surface area contributed by atoms with Gasteiger partial charge in [-0.1, -0.05) is 171 Å². The standard InChI is InChI=1S/C57H67BN2/c1-36-31-50-52-51(32-36)60(47-29-24-40(55(8,9)10)33-44(47)37-17-19-38(20-18-37)53(2,3)4)49-35-42(57(14,15)16)23-28-45(49)58(52)46-34-41(56(11,12)13)25-30-48(46)59(50)43-26-21-39(22-27-43)54(5,6)7/h17-35H,1-16H3. The maximum absolute atomic E-state index is 2.63. The van der Waals surface area contributed by atoms with Gasteiger partial charge in [0.15, 0.2) is 0 Å². The highest BCUT2D eigenvalue weighted by Crippen LogP contribution is 2.49. The lowest BCUT2D eigenvalue weighted by Gasteiger charge is -2.45. The molecule has 0 spiro atoms. The molecule has 0 bridgehead atoms. The van der Waals surface area contributed by atoms with Gasteiger partial charge in [0, 0.05) is 34.0 Å². The predicted molar refractivity (Wildman–Crippen MR) is 264 cm³/mol. The molecule has 0 radical (unpaired) electrons. The van der Waals surface area contributed by atoms with Gasteiger partial charge in [-0.3, -0.25) is 0 Å². The third kappa shape index (κ3) is 7.31. The van der Waals surface area contributed by atoms with Gasteiger partial charge in [0.05, 0.1) is 5.69 Å². The molecule has 0 atom stereocenters. The van der Waals surface area contributed by atoms with Crippen LogP contribution in [-0.4, -0.2) is 6.71 Å². The molecule has 308 valence electrons. The molecule has 0 amide bonds. The number of anilines is 6. The third-order valence-corrected chi connectivity index (χ3v) is 13.1. The number of aryl methyl sites for hydroxylation is 1. The Morgan fingerprint density at radius 1 is 0.350 bits per heavy atom. The molecular formula is C57H67BN2. The quantitative estimate of drug-likeness (QED) is 0.165. The average Bonchev–Trinajstić information content (AvgIpc) is 3.15. The molecule has 8 rings (SSSR count). The lowest BCUT2D eigenvalue weighted by Crippen LogP contribution is -2.61. The van der Waals surface area contributed by atoms with E-state index in [2.05, 4.69) is 236 Å². The van der Waals surface area contributed by atoms with E-state index in [1.54, 1.807) is 0 Å². The van der Waals surface area contributed by atoms with Crippen molar-refractivity contribution in [1.82, 2.24) is 0 Å². The Morgan fingerprint density at radius 2 is 0.783 bits per heavy atom. The van der Waals surface area contributed by atoms with Gasteiger partial charge in [0.2, 0.25) is 0 Å². The van der Waals surface area contributed by atoms with Gasteiger partial charge in [-0.05, 0) is 138 Å². The number of fused-ring (bicyclic) bond motifs is 4. The van der Waals surface area contributed by atoms with Crippen LogP contribution in [0.15, 0.2) is 115 Å². The van der Waals surface area contributed by atoms with E-state index >= 15 is 0 Å². The van der Waals surface area contributed by atoms with Gasteiger partial charge in [0.1, 0.15) is 0 Å². The van der Waals surface area contributed by atoms with E-state index in [-0.39, 0.29) is 33.8 Å². The molecule has 60 heavy (non-hydrogen) atoms. The molecule has 0 saturated heterocycles. The van der Waals surface area contributed by atoms with Gasteiger partial charge >= 0.3 is 0 Å². The maximum atomic E-state index is 2.63. The summed E-state index contributed by atoms with van der Waals surface area (Å²) in [5.74, 6) is 0. The highest BCUT2D eigenvalue weighted by atomic mass is 15.2. The second kappa shape index (κ2) is 14.0. The van der Waals surface area contributed by atoms with E-state index in [0.717, 1.165) is 0 Å². The molecule has 0 saturated carbocycles. The molecule has 2 aliphatic heterocycles. The molecular weight excluding hydrogens is 723 g/mol. The van der Waals surface area contributed by atoms with Crippen LogP contribution >= 0.6 is 0 Å². The van der Waals surface area contributed by atoms with Crippen molar-refractivity contribution < 1.29 is 0 Å². The zero-order valence-electron chi connectivity index (χ0n) is 39.4. The summed E-state index contributed by atoms with van der Waals surface area (Å²) in [4.78, 5) is 5.18. The van der Waals surface area contributed by atoms with Crippen molar-refractivity contribution in [1.29, 1.82) is 0 Å². The molecule has 2 heterocycles. The van der Waals surface area contributed by atoms with Crippen LogP contribution in [0.1, 0.15) is 137 Å². The molecule has 3 heteroatoms. The Labute approximate surface area is 363 Å². The first-order chi connectivity index (χ1) is 27.8. The molecule has 0 fully saturated rings. The molecule has 2 aliphatic rings. The van der Waals surface area contributed by atoms with E-state index in [1.165, 1.54) is 95.0 Å². The van der Waals surface area contributed by atoms with Crippen molar-refractivity contribution in [2.45, 2.75) is 138 Å². The molecule has 6 aromatic carbocycles. The first kappa shape index (κ1) is 41.7. The summed E-state index contributed by atoms with van der Waals surface area (Å²) >= 11 is 0. The summed E-state index contributed by atoms with van der Waals surface area (Å²) in [6, 6.07) is 45.5. The van der Waals surface area contributed by atoms with E-state index < -0.39 is 0 Å². The zero-order valence-corrected chi connectivity index (χ0v) is 39.4. The number of benzene rings is 6. The SMILES string of the molecule is Cc1cc2c3c(c1)N(c1ccc(C(C)(C)C)cc1-c1ccc(C(C)(C)C)cc1)c1cc(C(C)(C)C)ccc1B3c1cc(C(C)(C)C)ccc1N2c1ccc(C(C)(C)C)cc1. The molecule has 0 aliphatic carbocycles. The monoisotopic (exact) mass is 791 g/mol. The van der Waals surface area contributed by atoms with Gasteiger partial charge in [-0.15, -0.1) is 0 Å². The number of rotatable bonds is 3. The van der Waals surface area contributed by atoms with Crippen molar-refractivity contribution in [3.63, 3.8) is 0 Å². The minimum absolute atomic E-state index is 0.00351. The van der Waals surface area contributed by atoms with Crippen LogP contribution in [0.25, 0.3) is 11.1 Å². The largest absolute Gasteiger partial charge is 0.311 e. The van der Waals surface area contributed by atoms with Crippen LogP contribution in [0, 0.1) is 6.92 Å². The highest BCUT2D eigenvalue weighted by Gasteiger charge is 2.44. The normalized spacial score (nSPS) is 14.2.